The van der Waals surface area contributed by atoms with Crippen LogP contribution < -0.4 is 5.32 Å². The molecule has 1 amide bonds. The Kier molecular flexibility index (Phi) is 5.44. The number of nitrogens with one attached hydrogen (secondary N) is 1. The van der Waals surface area contributed by atoms with E-state index in [1.807, 2.05) is 13.8 Å². The van der Waals surface area contributed by atoms with Gasteiger partial charge in [0.15, 0.2) is 5.76 Å². The maximum atomic E-state index is 13.1. The van der Waals surface area contributed by atoms with E-state index in [1.165, 1.54) is 10.7 Å². The zero-order chi connectivity index (χ0) is 21.5. The van der Waals surface area contributed by atoms with Gasteiger partial charge in [-0.25, -0.2) is 4.68 Å². The number of halogens is 4. The predicted molar refractivity (Wildman–Crippen MR) is 102 cm³/mol. The van der Waals surface area contributed by atoms with E-state index in [-0.39, 0.29) is 28.0 Å². The average Bonchev–Trinajstić information content (AvgIpc) is 3.17. The monoisotopic (exact) mass is 426 g/mol. The Morgan fingerprint density at radius 3 is 2.55 bits per heavy atom. The molecule has 0 aliphatic rings. The highest BCUT2D eigenvalue weighted by Crippen LogP contribution is 2.34. The molecule has 0 fully saturated rings. The Hall–Kier alpha value is -2.81. The maximum Gasteiger partial charge on any atom is 0.416 e. The Morgan fingerprint density at radius 1 is 1.24 bits per heavy atom. The van der Waals surface area contributed by atoms with Crippen molar-refractivity contribution in [3.8, 4) is 5.69 Å². The molecule has 0 aliphatic carbocycles. The number of nitrogens with zero attached hydrogens (tertiary/aromatic N) is 3. The van der Waals surface area contributed by atoms with Crippen molar-refractivity contribution >= 4 is 23.3 Å². The maximum absolute atomic E-state index is 13.1. The molecule has 154 valence electrons. The number of amides is 1. The fraction of sp³-hybridized carbons (Fsp3) is 0.316. The van der Waals surface area contributed by atoms with Gasteiger partial charge in [0.05, 0.1) is 27.7 Å². The molecule has 0 bridgehead atoms. The van der Waals surface area contributed by atoms with E-state index < -0.39 is 17.6 Å². The molecule has 0 unspecified atom stereocenters. The van der Waals surface area contributed by atoms with Crippen molar-refractivity contribution in [2.24, 2.45) is 0 Å². The van der Waals surface area contributed by atoms with Crippen LogP contribution in [0.25, 0.3) is 5.69 Å². The molecule has 0 atom stereocenters. The second kappa shape index (κ2) is 7.55. The van der Waals surface area contributed by atoms with E-state index in [4.69, 9.17) is 16.1 Å². The number of aromatic nitrogens is 3. The van der Waals surface area contributed by atoms with Gasteiger partial charge in [-0.15, -0.1) is 0 Å². The van der Waals surface area contributed by atoms with Gasteiger partial charge in [-0.3, -0.25) is 4.79 Å². The summed E-state index contributed by atoms with van der Waals surface area (Å²) in [6.45, 7) is 7.00. The third-order valence-corrected chi connectivity index (χ3v) is 4.53. The molecule has 2 aromatic heterocycles. The topological polar surface area (TPSA) is 73.0 Å². The van der Waals surface area contributed by atoms with Crippen molar-refractivity contribution in [3.63, 3.8) is 0 Å². The van der Waals surface area contributed by atoms with E-state index in [9.17, 15) is 18.0 Å². The lowest BCUT2D eigenvalue weighted by atomic mass is 10.0. The normalized spacial score (nSPS) is 11.9. The van der Waals surface area contributed by atoms with Gasteiger partial charge in [0.1, 0.15) is 11.4 Å². The van der Waals surface area contributed by atoms with E-state index in [0.717, 1.165) is 18.2 Å². The molecule has 0 aliphatic heterocycles. The third kappa shape index (κ3) is 4.14. The largest absolute Gasteiger partial charge is 0.416 e. The van der Waals surface area contributed by atoms with Crippen molar-refractivity contribution in [3.05, 3.63) is 57.6 Å². The highest BCUT2D eigenvalue weighted by Gasteiger charge is 2.31. The van der Waals surface area contributed by atoms with E-state index in [0.29, 0.717) is 17.1 Å². The van der Waals surface area contributed by atoms with Crippen molar-refractivity contribution in [2.75, 3.05) is 5.32 Å². The molecule has 0 spiro atoms. The highest BCUT2D eigenvalue weighted by molar-refractivity contribution is 6.32. The zero-order valence-electron chi connectivity index (χ0n) is 16.1. The van der Waals surface area contributed by atoms with E-state index in [2.05, 4.69) is 15.6 Å². The molecule has 0 saturated carbocycles. The lowest BCUT2D eigenvalue weighted by molar-refractivity contribution is -0.137. The van der Waals surface area contributed by atoms with Gasteiger partial charge >= 0.3 is 6.18 Å². The summed E-state index contributed by atoms with van der Waals surface area (Å²) in [7, 11) is 0. The van der Waals surface area contributed by atoms with Crippen LogP contribution in [0.15, 0.2) is 28.8 Å². The first kappa shape index (κ1) is 20.9. The Balaban J connectivity index is 2.04. The first-order chi connectivity index (χ1) is 13.5. The average molecular weight is 427 g/mol. The summed E-state index contributed by atoms with van der Waals surface area (Å²) >= 11 is 6.12. The molecule has 3 aromatic rings. The van der Waals surface area contributed by atoms with Gasteiger partial charge in [-0.1, -0.05) is 30.6 Å². The summed E-state index contributed by atoms with van der Waals surface area (Å²) in [5.41, 5.74) is 0.293. The van der Waals surface area contributed by atoms with Crippen molar-refractivity contribution in [2.45, 2.75) is 39.8 Å². The van der Waals surface area contributed by atoms with E-state index >= 15 is 0 Å². The quantitative estimate of drug-likeness (QED) is 0.595. The number of hydrogen-bond donors (Lipinski definition) is 1. The lowest BCUT2D eigenvalue weighted by Gasteiger charge is -2.13. The molecule has 10 heteroatoms. The van der Waals surface area contributed by atoms with Gasteiger partial charge in [0, 0.05) is 12.0 Å². The predicted octanol–water partition coefficient (Wildman–Crippen LogP) is 5.53. The first-order valence-corrected chi connectivity index (χ1v) is 9.08. The molecular formula is C19H18ClF3N4O2. The summed E-state index contributed by atoms with van der Waals surface area (Å²) in [6, 6.07) is 4.44. The molecule has 2 heterocycles. The number of carbonyl (C=O) groups excluding carboxylic acids is 1. The number of rotatable bonds is 4. The number of benzene rings is 1. The second-order valence-corrected chi connectivity index (χ2v) is 7.27. The van der Waals surface area contributed by atoms with Gasteiger partial charge in [0.2, 0.25) is 0 Å². The minimum atomic E-state index is -4.54. The summed E-state index contributed by atoms with van der Waals surface area (Å²) in [5, 5.41) is 10.8. The van der Waals surface area contributed by atoms with Gasteiger partial charge < -0.3 is 9.84 Å². The van der Waals surface area contributed by atoms with Gasteiger partial charge in [0.25, 0.3) is 5.91 Å². The molecule has 0 saturated heterocycles. The SMILES string of the molecule is Cc1cc(NC(=O)c2c(C)noc2C(C)C)n(-c2cc(C(F)(F)F)ccc2Cl)n1. The first-order valence-electron chi connectivity index (χ1n) is 8.70. The summed E-state index contributed by atoms with van der Waals surface area (Å²) in [5.74, 6) is 0.00197. The zero-order valence-corrected chi connectivity index (χ0v) is 16.8. The standard InChI is InChI=1S/C19H18ClF3N4O2/c1-9(2)17-16(11(4)26-29-17)18(28)24-15-7-10(3)25-27(15)14-8-12(19(21,22)23)5-6-13(14)20/h5-9H,1-4H3,(H,24,28). The second-order valence-electron chi connectivity index (χ2n) is 6.86. The minimum Gasteiger partial charge on any atom is -0.360 e. The summed E-state index contributed by atoms with van der Waals surface area (Å²) < 4.78 is 45.8. The number of carbonyl (C=O) groups is 1. The van der Waals surface area contributed by atoms with Gasteiger partial charge in [-0.2, -0.15) is 18.3 Å². The highest BCUT2D eigenvalue weighted by atomic mass is 35.5. The van der Waals surface area contributed by atoms with Crippen LogP contribution in [-0.2, 0) is 6.18 Å². The van der Waals surface area contributed by atoms with Crippen LogP contribution >= 0.6 is 11.6 Å². The third-order valence-electron chi connectivity index (χ3n) is 4.22. The Bertz CT molecular complexity index is 1070. The number of anilines is 1. The van der Waals surface area contributed by atoms with Crippen LogP contribution in [-0.4, -0.2) is 20.8 Å². The fourth-order valence-corrected chi connectivity index (χ4v) is 3.06. The summed E-state index contributed by atoms with van der Waals surface area (Å²) in [4.78, 5) is 12.9. The molecule has 6 nitrogen and oxygen atoms in total. The van der Waals surface area contributed by atoms with Crippen LogP contribution in [0.2, 0.25) is 5.02 Å². The van der Waals surface area contributed by atoms with E-state index in [1.54, 1.807) is 13.8 Å². The Morgan fingerprint density at radius 2 is 1.93 bits per heavy atom. The van der Waals surface area contributed by atoms with Crippen molar-refractivity contribution in [1.29, 1.82) is 0 Å². The smallest absolute Gasteiger partial charge is 0.360 e. The molecule has 0 radical (unpaired) electrons. The van der Waals surface area contributed by atoms with Crippen LogP contribution in [0.5, 0.6) is 0 Å². The summed E-state index contributed by atoms with van der Waals surface area (Å²) in [6.07, 6.45) is -4.54. The Labute approximate surface area is 169 Å². The minimum absolute atomic E-state index is 0.00369. The lowest BCUT2D eigenvalue weighted by Crippen LogP contribution is -2.17. The fourth-order valence-electron chi connectivity index (χ4n) is 2.86. The molecule has 3 rings (SSSR count). The van der Waals surface area contributed by atoms with Crippen molar-refractivity contribution in [1.82, 2.24) is 14.9 Å². The number of hydrogen-bond acceptors (Lipinski definition) is 4. The van der Waals surface area contributed by atoms with Crippen LogP contribution in [0.1, 0.15) is 52.8 Å². The molecular weight excluding hydrogens is 409 g/mol. The van der Waals surface area contributed by atoms with Crippen LogP contribution in [0, 0.1) is 13.8 Å². The molecule has 1 N–H and O–H groups in total. The van der Waals surface area contributed by atoms with Gasteiger partial charge in [-0.05, 0) is 32.0 Å². The molecule has 1 aromatic carbocycles. The van der Waals surface area contributed by atoms with Crippen LogP contribution in [0.3, 0.4) is 0 Å². The van der Waals surface area contributed by atoms with Crippen LogP contribution in [0.4, 0.5) is 19.0 Å². The van der Waals surface area contributed by atoms with Crippen molar-refractivity contribution < 1.29 is 22.5 Å². The number of aryl methyl sites for hydroxylation is 2. The number of alkyl halides is 3. The molecule has 29 heavy (non-hydrogen) atoms.